The SMILES string of the molecule is COc1cc2c(cc1OC)CN(C1CCN(C(=O)CCc3cn[nH]c3)CC1)CC2. The van der Waals surface area contributed by atoms with Gasteiger partial charge >= 0.3 is 0 Å². The van der Waals surface area contributed by atoms with Gasteiger partial charge in [0, 0.05) is 44.8 Å². The lowest BCUT2D eigenvalue weighted by Gasteiger charge is -2.41. The molecule has 2 aromatic rings. The Labute approximate surface area is 172 Å². The van der Waals surface area contributed by atoms with Crippen LogP contribution in [0.1, 0.15) is 36.0 Å². The molecule has 2 aliphatic rings. The number of likely N-dealkylation sites (tertiary alicyclic amines) is 1. The van der Waals surface area contributed by atoms with Gasteiger partial charge in [-0.25, -0.2) is 0 Å². The van der Waals surface area contributed by atoms with Crippen molar-refractivity contribution in [3.05, 3.63) is 41.2 Å². The first kappa shape index (κ1) is 19.8. The molecular formula is C22H30N4O3. The van der Waals surface area contributed by atoms with E-state index in [0.717, 1.165) is 68.9 Å². The van der Waals surface area contributed by atoms with Crippen molar-refractivity contribution in [2.45, 2.75) is 44.7 Å². The molecule has 7 nitrogen and oxygen atoms in total. The number of piperidine rings is 1. The van der Waals surface area contributed by atoms with Crippen molar-refractivity contribution in [1.29, 1.82) is 0 Å². The van der Waals surface area contributed by atoms with Crippen LogP contribution < -0.4 is 9.47 Å². The number of H-pyrrole nitrogens is 1. The van der Waals surface area contributed by atoms with E-state index >= 15 is 0 Å². The molecule has 0 radical (unpaired) electrons. The number of nitrogens with one attached hydrogen (secondary N) is 1. The van der Waals surface area contributed by atoms with Crippen LogP contribution in [0, 0.1) is 0 Å². The van der Waals surface area contributed by atoms with Gasteiger partial charge in [-0.3, -0.25) is 14.8 Å². The highest BCUT2D eigenvalue weighted by Gasteiger charge is 2.29. The lowest BCUT2D eigenvalue weighted by Crippen LogP contribution is -2.48. The highest BCUT2D eigenvalue weighted by atomic mass is 16.5. The number of carbonyl (C=O) groups is 1. The van der Waals surface area contributed by atoms with E-state index in [1.807, 2.05) is 11.1 Å². The van der Waals surface area contributed by atoms with Crippen molar-refractivity contribution in [2.75, 3.05) is 33.9 Å². The van der Waals surface area contributed by atoms with Crippen LogP contribution >= 0.6 is 0 Å². The highest BCUT2D eigenvalue weighted by molar-refractivity contribution is 5.76. The van der Waals surface area contributed by atoms with Crippen LogP contribution in [0.2, 0.25) is 0 Å². The quantitative estimate of drug-likeness (QED) is 0.809. The Morgan fingerprint density at radius 1 is 1.14 bits per heavy atom. The van der Waals surface area contributed by atoms with E-state index < -0.39 is 0 Å². The highest BCUT2D eigenvalue weighted by Crippen LogP contribution is 2.34. The second-order valence-electron chi connectivity index (χ2n) is 7.91. The summed E-state index contributed by atoms with van der Waals surface area (Å²) < 4.78 is 10.9. The fourth-order valence-electron chi connectivity index (χ4n) is 4.52. The minimum absolute atomic E-state index is 0.255. The Morgan fingerprint density at radius 2 is 1.86 bits per heavy atom. The van der Waals surface area contributed by atoms with Gasteiger partial charge in [-0.05, 0) is 54.5 Å². The number of carbonyl (C=O) groups excluding carboxylic acids is 1. The largest absolute Gasteiger partial charge is 0.493 e. The van der Waals surface area contributed by atoms with E-state index in [-0.39, 0.29) is 5.91 Å². The number of hydrogen-bond donors (Lipinski definition) is 1. The lowest BCUT2D eigenvalue weighted by atomic mass is 9.94. The predicted molar refractivity (Wildman–Crippen MR) is 110 cm³/mol. The molecule has 29 heavy (non-hydrogen) atoms. The monoisotopic (exact) mass is 398 g/mol. The number of aromatic amines is 1. The van der Waals surface area contributed by atoms with Crippen LogP contribution in [-0.4, -0.2) is 65.8 Å². The van der Waals surface area contributed by atoms with Crippen molar-refractivity contribution in [2.24, 2.45) is 0 Å². The third-order valence-electron chi connectivity index (χ3n) is 6.26. The number of aryl methyl sites for hydroxylation is 1. The number of aromatic nitrogens is 2. The minimum atomic E-state index is 0.255. The zero-order valence-corrected chi connectivity index (χ0v) is 17.3. The van der Waals surface area contributed by atoms with Gasteiger partial charge in [0.15, 0.2) is 11.5 Å². The molecule has 1 saturated heterocycles. The Morgan fingerprint density at radius 3 is 2.52 bits per heavy atom. The van der Waals surface area contributed by atoms with Gasteiger partial charge in [0.25, 0.3) is 0 Å². The van der Waals surface area contributed by atoms with Crippen molar-refractivity contribution in [3.63, 3.8) is 0 Å². The van der Waals surface area contributed by atoms with E-state index in [1.54, 1.807) is 20.4 Å². The average Bonchev–Trinajstić information content (AvgIpc) is 3.30. The normalized spacial score (nSPS) is 17.8. The molecule has 1 aromatic carbocycles. The summed E-state index contributed by atoms with van der Waals surface area (Å²) in [6, 6.07) is 4.77. The summed E-state index contributed by atoms with van der Waals surface area (Å²) in [5, 5.41) is 6.74. The lowest BCUT2D eigenvalue weighted by molar-refractivity contribution is -0.132. The minimum Gasteiger partial charge on any atom is -0.493 e. The number of nitrogens with zero attached hydrogens (tertiary/aromatic N) is 3. The standard InChI is InChI=1S/C22H30N4O3/c1-28-20-11-17-5-8-26(15-18(17)12-21(20)29-2)19-6-9-25(10-7-19)22(27)4-3-16-13-23-24-14-16/h11-14,19H,3-10,15H2,1-2H3,(H,23,24). The molecule has 0 bridgehead atoms. The Balaban J connectivity index is 1.31. The summed E-state index contributed by atoms with van der Waals surface area (Å²) in [6.07, 6.45) is 8.07. The molecule has 0 aliphatic carbocycles. The van der Waals surface area contributed by atoms with Crippen LogP contribution in [0.5, 0.6) is 11.5 Å². The van der Waals surface area contributed by atoms with Crippen LogP contribution in [-0.2, 0) is 24.2 Å². The fourth-order valence-corrected chi connectivity index (χ4v) is 4.52. The van der Waals surface area contributed by atoms with Crippen LogP contribution in [0.4, 0.5) is 0 Å². The molecule has 0 unspecified atom stereocenters. The molecule has 0 atom stereocenters. The molecule has 1 fully saturated rings. The zero-order valence-electron chi connectivity index (χ0n) is 17.3. The molecule has 0 saturated carbocycles. The second kappa shape index (κ2) is 8.86. The van der Waals surface area contributed by atoms with Crippen molar-refractivity contribution in [1.82, 2.24) is 20.0 Å². The molecule has 4 rings (SSSR count). The molecule has 156 valence electrons. The van der Waals surface area contributed by atoms with Crippen LogP contribution in [0.25, 0.3) is 0 Å². The predicted octanol–water partition coefficient (Wildman–Crippen LogP) is 2.41. The van der Waals surface area contributed by atoms with Gasteiger partial charge < -0.3 is 14.4 Å². The average molecular weight is 399 g/mol. The molecule has 3 heterocycles. The maximum Gasteiger partial charge on any atom is 0.222 e. The summed E-state index contributed by atoms with van der Waals surface area (Å²) in [7, 11) is 3.37. The Hall–Kier alpha value is -2.54. The maximum atomic E-state index is 12.5. The van der Waals surface area contributed by atoms with E-state index in [0.29, 0.717) is 12.5 Å². The number of ether oxygens (including phenoxy) is 2. The van der Waals surface area contributed by atoms with Crippen LogP contribution in [0.3, 0.4) is 0 Å². The van der Waals surface area contributed by atoms with Gasteiger partial charge in [-0.1, -0.05) is 0 Å². The van der Waals surface area contributed by atoms with Crippen molar-refractivity contribution in [3.8, 4) is 11.5 Å². The second-order valence-corrected chi connectivity index (χ2v) is 7.91. The number of benzene rings is 1. The Kier molecular flexibility index (Phi) is 6.04. The van der Waals surface area contributed by atoms with E-state index in [9.17, 15) is 4.79 Å². The molecule has 0 spiro atoms. The molecule has 1 N–H and O–H groups in total. The summed E-state index contributed by atoms with van der Waals surface area (Å²) >= 11 is 0. The van der Waals surface area contributed by atoms with Crippen molar-refractivity contribution < 1.29 is 14.3 Å². The molecule has 7 heteroatoms. The molecule has 1 amide bonds. The third-order valence-corrected chi connectivity index (χ3v) is 6.26. The smallest absolute Gasteiger partial charge is 0.222 e. The number of hydrogen-bond acceptors (Lipinski definition) is 5. The summed E-state index contributed by atoms with van der Waals surface area (Å²) in [5.74, 6) is 1.86. The first-order chi connectivity index (χ1) is 14.2. The van der Waals surface area contributed by atoms with Gasteiger partial charge in [-0.2, -0.15) is 5.10 Å². The number of fused-ring (bicyclic) bond motifs is 1. The van der Waals surface area contributed by atoms with Crippen LogP contribution in [0.15, 0.2) is 24.5 Å². The number of amides is 1. The third kappa shape index (κ3) is 4.40. The van der Waals surface area contributed by atoms with E-state index in [2.05, 4.69) is 27.2 Å². The van der Waals surface area contributed by atoms with E-state index in [4.69, 9.17) is 9.47 Å². The van der Waals surface area contributed by atoms with Gasteiger partial charge in [0.2, 0.25) is 5.91 Å². The molecule has 2 aliphatic heterocycles. The summed E-state index contributed by atoms with van der Waals surface area (Å²) in [5.41, 5.74) is 3.77. The number of rotatable bonds is 6. The first-order valence-electron chi connectivity index (χ1n) is 10.4. The zero-order chi connectivity index (χ0) is 20.2. The maximum absolute atomic E-state index is 12.5. The summed E-state index contributed by atoms with van der Waals surface area (Å²) in [6.45, 7) is 3.70. The number of methoxy groups -OCH3 is 2. The summed E-state index contributed by atoms with van der Waals surface area (Å²) in [4.78, 5) is 17.1. The van der Waals surface area contributed by atoms with Gasteiger partial charge in [0.05, 0.1) is 20.4 Å². The Bertz CT molecular complexity index is 829. The van der Waals surface area contributed by atoms with Gasteiger partial charge in [0.1, 0.15) is 0 Å². The topological polar surface area (TPSA) is 70.7 Å². The first-order valence-corrected chi connectivity index (χ1v) is 10.4. The fraction of sp³-hybridized carbons (Fsp3) is 0.545. The molecular weight excluding hydrogens is 368 g/mol. The van der Waals surface area contributed by atoms with Crippen molar-refractivity contribution >= 4 is 5.91 Å². The molecule has 1 aromatic heterocycles. The van der Waals surface area contributed by atoms with Gasteiger partial charge in [-0.15, -0.1) is 0 Å². The van der Waals surface area contributed by atoms with E-state index in [1.165, 1.54) is 11.1 Å².